The summed E-state index contributed by atoms with van der Waals surface area (Å²) in [6, 6.07) is 5.99. The number of anilines is 2. The summed E-state index contributed by atoms with van der Waals surface area (Å²) >= 11 is 1.14. The molecule has 1 aliphatic rings. The second-order valence-electron chi connectivity index (χ2n) is 4.76. The van der Waals surface area contributed by atoms with Gasteiger partial charge in [0.05, 0.1) is 5.69 Å². The summed E-state index contributed by atoms with van der Waals surface area (Å²) in [7, 11) is 0. The first-order chi connectivity index (χ1) is 9.78. The van der Waals surface area contributed by atoms with E-state index in [1.165, 1.54) is 11.3 Å². The molecule has 0 aliphatic carbocycles. The number of nitrogens with zero attached hydrogens (tertiary/aromatic N) is 2. The fourth-order valence-electron chi connectivity index (χ4n) is 2.35. The van der Waals surface area contributed by atoms with Gasteiger partial charge >= 0.3 is 0 Å². The predicted octanol–water partition coefficient (Wildman–Crippen LogP) is 3.13. The third kappa shape index (κ3) is 3.33. The van der Waals surface area contributed by atoms with Crippen LogP contribution in [0.4, 0.5) is 11.4 Å². The standard InChI is InChI=1S/C14H16N4OS.ClH/c1-2-11-13(20-18-17-11)14(19)16-10-5-6-12-9(8-10)4-3-7-15-12;/h5-6,8,15H,2-4,7H2,1H3,(H,16,19);1H. The van der Waals surface area contributed by atoms with E-state index >= 15 is 0 Å². The zero-order chi connectivity index (χ0) is 13.9. The second kappa shape index (κ2) is 6.87. The number of aromatic nitrogens is 2. The van der Waals surface area contributed by atoms with Gasteiger partial charge < -0.3 is 10.6 Å². The van der Waals surface area contributed by atoms with E-state index in [9.17, 15) is 4.79 Å². The Bertz CT molecular complexity index is 644. The Morgan fingerprint density at radius 2 is 2.33 bits per heavy atom. The molecular weight excluding hydrogens is 308 g/mol. The van der Waals surface area contributed by atoms with Crippen molar-refractivity contribution in [1.29, 1.82) is 0 Å². The highest BCUT2D eigenvalue weighted by molar-refractivity contribution is 7.08. The van der Waals surface area contributed by atoms with E-state index in [-0.39, 0.29) is 18.3 Å². The minimum absolute atomic E-state index is 0. The normalized spacial score (nSPS) is 12.8. The highest BCUT2D eigenvalue weighted by atomic mass is 35.5. The lowest BCUT2D eigenvalue weighted by atomic mass is 10.0. The Kier molecular flexibility index (Phi) is 5.14. The summed E-state index contributed by atoms with van der Waals surface area (Å²) in [6.07, 6.45) is 2.89. The SMILES string of the molecule is CCc1nnsc1C(=O)Nc1ccc2c(c1)CCCN2.Cl. The molecule has 1 aliphatic heterocycles. The Labute approximate surface area is 133 Å². The van der Waals surface area contributed by atoms with Crippen LogP contribution in [0, 0.1) is 0 Å². The van der Waals surface area contributed by atoms with Crippen LogP contribution in [0.3, 0.4) is 0 Å². The first-order valence-corrected chi connectivity index (χ1v) is 7.54. The van der Waals surface area contributed by atoms with Crippen molar-refractivity contribution in [1.82, 2.24) is 9.59 Å². The Balaban J connectivity index is 0.00000161. The average Bonchev–Trinajstić information content (AvgIpc) is 2.95. The monoisotopic (exact) mass is 324 g/mol. The summed E-state index contributed by atoms with van der Waals surface area (Å²) < 4.78 is 3.85. The van der Waals surface area contributed by atoms with Crippen molar-refractivity contribution in [3.63, 3.8) is 0 Å². The van der Waals surface area contributed by atoms with Crippen LogP contribution in [-0.4, -0.2) is 22.0 Å². The average molecular weight is 325 g/mol. The van der Waals surface area contributed by atoms with E-state index in [0.717, 1.165) is 42.3 Å². The molecule has 3 rings (SSSR count). The topological polar surface area (TPSA) is 66.9 Å². The first kappa shape index (κ1) is 15.7. The summed E-state index contributed by atoms with van der Waals surface area (Å²) in [5.41, 5.74) is 4.01. The molecule has 1 amide bonds. The number of hydrogen-bond acceptors (Lipinski definition) is 5. The molecule has 2 N–H and O–H groups in total. The van der Waals surface area contributed by atoms with Crippen LogP contribution in [0.5, 0.6) is 0 Å². The summed E-state index contributed by atoms with van der Waals surface area (Å²) in [4.78, 5) is 12.8. The second-order valence-corrected chi connectivity index (χ2v) is 5.51. The predicted molar refractivity (Wildman–Crippen MR) is 87.7 cm³/mol. The molecule has 5 nitrogen and oxygen atoms in total. The number of carbonyl (C=O) groups excluding carboxylic acids is 1. The van der Waals surface area contributed by atoms with Crippen LogP contribution in [0.25, 0.3) is 0 Å². The van der Waals surface area contributed by atoms with Crippen molar-refractivity contribution in [2.24, 2.45) is 0 Å². The van der Waals surface area contributed by atoms with Crippen LogP contribution in [0.1, 0.15) is 34.3 Å². The molecule has 2 aromatic rings. The molecule has 0 atom stereocenters. The van der Waals surface area contributed by atoms with Crippen molar-refractivity contribution in [2.75, 3.05) is 17.2 Å². The Hall–Kier alpha value is -1.66. The van der Waals surface area contributed by atoms with Gasteiger partial charge in [0.25, 0.3) is 5.91 Å². The lowest BCUT2D eigenvalue weighted by molar-refractivity contribution is 0.102. The van der Waals surface area contributed by atoms with Crippen molar-refractivity contribution >= 4 is 41.2 Å². The van der Waals surface area contributed by atoms with Gasteiger partial charge in [0.1, 0.15) is 4.88 Å². The fourth-order valence-corrected chi connectivity index (χ4v) is 3.00. The Morgan fingerprint density at radius 3 is 3.14 bits per heavy atom. The number of fused-ring (bicyclic) bond motifs is 1. The van der Waals surface area contributed by atoms with E-state index in [2.05, 4.69) is 20.2 Å². The van der Waals surface area contributed by atoms with Gasteiger partial charge in [0, 0.05) is 17.9 Å². The highest BCUT2D eigenvalue weighted by Gasteiger charge is 2.16. The molecule has 112 valence electrons. The summed E-state index contributed by atoms with van der Waals surface area (Å²) in [5.74, 6) is -0.124. The number of nitrogens with one attached hydrogen (secondary N) is 2. The molecule has 0 saturated carbocycles. The molecule has 0 saturated heterocycles. The van der Waals surface area contributed by atoms with Crippen molar-refractivity contribution in [3.8, 4) is 0 Å². The third-order valence-electron chi connectivity index (χ3n) is 3.40. The maximum Gasteiger partial charge on any atom is 0.269 e. The Morgan fingerprint density at radius 1 is 1.48 bits per heavy atom. The minimum Gasteiger partial charge on any atom is -0.385 e. The smallest absolute Gasteiger partial charge is 0.269 e. The number of rotatable bonds is 3. The molecule has 1 aromatic carbocycles. The van der Waals surface area contributed by atoms with Gasteiger partial charge in [-0.3, -0.25) is 4.79 Å². The largest absolute Gasteiger partial charge is 0.385 e. The van der Waals surface area contributed by atoms with E-state index in [0.29, 0.717) is 11.3 Å². The summed E-state index contributed by atoms with van der Waals surface area (Å²) in [6.45, 7) is 2.99. The van der Waals surface area contributed by atoms with E-state index in [4.69, 9.17) is 0 Å². The molecule has 0 bridgehead atoms. The van der Waals surface area contributed by atoms with Crippen molar-refractivity contribution < 1.29 is 4.79 Å². The molecule has 7 heteroatoms. The summed E-state index contributed by atoms with van der Waals surface area (Å²) in [5, 5.41) is 10.3. The van der Waals surface area contributed by atoms with Crippen LogP contribution in [0.15, 0.2) is 18.2 Å². The molecule has 0 radical (unpaired) electrons. The zero-order valence-electron chi connectivity index (χ0n) is 11.7. The van der Waals surface area contributed by atoms with Gasteiger partial charge in [-0.1, -0.05) is 11.4 Å². The van der Waals surface area contributed by atoms with Gasteiger partial charge in [-0.15, -0.1) is 17.5 Å². The van der Waals surface area contributed by atoms with Gasteiger partial charge in [-0.2, -0.15) is 0 Å². The maximum atomic E-state index is 12.2. The van der Waals surface area contributed by atoms with Gasteiger partial charge in [0.15, 0.2) is 0 Å². The molecule has 2 heterocycles. The highest BCUT2D eigenvalue weighted by Crippen LogP contribution is 2.25. The fraction of sp³-hybridized carbons (Fsp3) is 0.357. The number of hydrogen-bond donors (Lipinski definition) is 2. The van der Waals surface area contributed by atoms with Crippen LogP contribution in [-0.2, 0) is 12.8 Å². The number of carbonyl (C=O) groups is 1. The van der Waals surface area contributed by atoms with Crippen molar-refractivity contribution in [2.45, 2.75) is 26.2 Å². The number of benzene rings is 1. The van der Waals surface area contributed by atoms with Crippen LogP contribution < -0.4 is 10.6 Å². The van der Waals surface area contributed by atoms with Crippen molar-refractivity contribution in [3.05, 3.63) is 34.3 Å². The number of aryl methyl sites for hydroxylation is 2. The van der Waals surface area contributed by atoms with Gasteiger partial charge in [-0.05, 0) is 54.6 Å². The van der Waals surface area contributed by atoms with E-state index < -0.39 is 0 Å². The van der Waals surface area contributed by atoms with Crippen LogP contribution in [0.2, 0.25) is 0 Å². The van der Waals surface area contributed by atoms with E-state index in [1.807, 2.05) is 25.1 Å². The molecule has 1 aromatic heterocycles. The molecule has 0 spiro atoms. The van der Waals surface area contributed by atoms with Gasteiger partial charge in [0.2, 0.25) is 0 Å². The van der Waals surface area contributed by atoms with E-state index in [1.54, 1.807) is 0 Å². The number of amides is 1. The molecule has 21 heavy (non-hydrogen) atoms. The minimum atomic E-state index is -0.124. The quantitative estimate of drug-likeness (QED) is 0.910. The lowest BCUT2D eigenvalue weighted by Crippen LogP contribution is -2.15. The molecule has 0 fully saturated rings. The van der Waals surface area contributed by atoms with Crippen LogP contribution >= 0.6 is 23.9 Å². The molecular formula is C14H17ClN4OS. The zero-order valence-corrected chi connectivity index (χ0v) is 13.3. The van der Waals surface area contributed by atoms with Gasteiger partial charge in [-0.25, -0.2) is 0 Å². The maximum absolute atomic E-state index is 12.2. The lowest BCUT2D eigenvalue weighted by Gasteiger charge is -2.18. The molecule has 0 unspecified atom stereocenters. The third-order valence-corrected chi connectivity index (χ3v) is 4.17. The number of halogens is 1. The first-order valence-electron chi connectivity index (χ1n) is 6.77.